The summed E-state index contributed by atoms with van der Waals surface area (Å²) < 4.78 is 0. The molecule has 0 aliphatic rings. The maximum Gasteiger partial charge on any atom is 0.193 e. The summed E-state index contributed by atoms with van der Waals surface area (Å²) in [6.45, 7) is 10.2. The van der Waals surface area contributed by atoms with Gasteiger partial charge in [0.15, 0.2) is 5.96 Å². The van der Waals surface area contributed by atoms with Crippen molar-refractivity contribution in [2.24, 2.45) is 4.99 Å². The summed E-state index contributed by atoms with van der Waals surface area (Å²) in [6.07, 6.45) is 1.00. The van der Waals surface area contributed by atoms with Gasteiger partial charge in [0.25, 0.3) is 0 Å². The molecule has 0 bridgehead atoms. The highest BCUT2D eigenvalue weighted by Gasteiger charge is 2.09. The Morgan fingerprint density at radius 3 is 2.36 bits per heavy atom. The summed E-state index contributed by atoms with van der Waals surface area (Å²) in [5.41, 5.74) is 6.59. The molecular weight excluding hydrogens is 443 g/mol. The van der Waals surface area contributed by atoms with Crippen LogP contribution in [-0.4, -0.2) is 36.5 Å². The van der Waals surface area contributed by atoms with Gasteiger partial charge in [-0.25, -0.2) is 4.98 Å². The molecule has 0 aliphatic heterocycles. The lowest BCUT2D eigenvalue weighted by Crippen LogP contribution is -2.39. The number of aromatic nitrogens is 1. The number of guanidine groups is 1. The summed E-state index contributed by atoms with van der Waals surface area (Å²) in [4.78, 5) is 11.0. The van der Waals surface area contributed by atoms with Crippen molar-refractivity contribution in [3.05, 3.63) is 50.5 Å². The van der Waals surface area contributed by atoms with Crippen molar-refractivity contribution in [3.63, 3.8) is 0 Å². The first-order valence-electron chi connectivity index (χ1n) is 8.30. The molecule has 0 fully saturated rings. The van der Waals surface area contributed by atoms with Gasteiger partial charge >= 0.3 is 0 Å². The largest absolute Gasteiger partial charge is 0.356 e. The van der Waals surface area contributed by atoms with Crippen LogP contribution in [0.25, 0.3) is 0 Å². The van der Waals surface area contributed by atoms with Gasteiger partial charge < -0.3 is 10.2 Å². The maximum atomic E-state index is 4.52. The predicted molar refractivity (Wildman–Crippen MR) is 119 cm³/mol. The molecule has 2 rings (SSSR count). The van der Waals surface area contributed by atoms with Gasteiger partial charge in [-0.3, -0.25) is 4.99 Å². The van der Waals surface area contributed by atoms with E-state index in [-0.39, 0.29) is 24.0 Å². The van der Waals surface area contributed by atoms with E-state index in [9.17, 15) is 0 Å². The standard InChI is InChI=1S/C19H28N4S.HI/c1-13-9-14(2)18(15(3)10-13)7-8-21-19(20-5)23(6)11-17-12-24-16(4)22-17;/h9-10,12H,7-8,11H2,1-6H3,(H,20,21);1H. The smallest absolute Gasteiger partial charge is 0.193 e. The van der Waals surface area contributed by atoms with Crippen LogP contribution in [0.5, 0.6) is 0 Å². The lowest BCUT2D eigenvalue weighted by molar-refractivity contribution is 0.471. The second-order valence-corrected chi connectivity index (χ2v) is 7.38. The summed E-state index contributed by atoms with van der Waals surface area (Å²) in [7, 11) is 3.87. The fourth-order valence-electron chi connectivity index (χ4n) is 3.09. The third-order valence-corrected chi connectivity index (χ3v) is 4.96. The van der Waals surface area contributed by atoms with Crippen molar-refractivity contribution in [1.29, 1.82) is 0 Å². The van der Waals surface area contributed by atoms with Crippen molar-refractivity contribution in [2.75, 3.05) is 20.6 Å². The zero-order valence-corrected chi connectivity index (χ0v) is 19.2. The van der Waals surface area contributed by atoms with Gasteiger partial charge in [0.2, 0.25) is 0 Å². The van der Waals surface area contributed by atoms with Crippen molar-refractivity contribution in [3.8, 4) is 0 Å². The molecule has 1 heterocycles. The Balaban J connectivity index is 0.00000312. The number of nitrogens with one attached hydrogen (secondary N) is 1. The molecule has 2 aromatic rings. The Labute approximate surface area is 172 Å². The number of benzene rings is 1. The molecule has 1 N–H and O–H groups in total. The van der Waals surface area contributed by atoms with Gasteiger partial charge in [0.05, 0.1) is 17.2 Å². The first-order valence-corrected chi connectivity index (χ1v) is 9.18. The molecule has 0 saturated carbocycles. The van der Waals surface area contributed by atoms with Crippen molar-refractivity contribution < 1.29 is 0 Å². The van der Waals surface area contributed by atoms with Gasteiger partial charge in [-0.15, -0.1) is 35.3 Å². The molecule has 0 unspecified atom stereocenters. The average molecular weight is 472 g/mol. The molecule has 25 heavy (non-hydrogen) atoms. The summed E-state index contributed by atoms with van der Waals surface area (Å²) in [5, 5.41) is 6.68. The van der Waals surface area contributed by atoms with Crippen LogP contribution >= 0.6 is 35.3 Å². The van der Waals surface area contributed by atoms with Crippen LogP contribution in [-0.2, 0) is 13.0 Å². The summed E-state index contributed by atoms with van der Waals surface area (Å²) in [5.74, 6) is 0.906. The van der Waals surface area contributed by atoms with Crippen LogP contribution in [0.1, 0.15) is 33.0 Å². The number of aryl methyl sites for hydroxylation is 4. The second-order valence-electron chi connectivity index (χ2n) is 6.32. The Morgan fingerprint density at radius 1 is 1.20 bits per heavy atom. The van der Waals surface area contributed by atoms with Crippen LogP contribution in [0, 0.1) is 27.7 Å². The van der Waals surface area contributed by atoms with Crippen molar-refractivity contribution >= 4 is 41.3 Å². The predicted octanol–water partition coefficient (Wildman–Crippen LogP) is 4.24. The summed E-state index contributed by atoms with van der Waals surface area (Å²) >= 11 is 1.69. The van der Waals surface area contributed by atoms with Crippen molar-refractivity contribution in [2.45, 2.75) is 40.7 Å². The highest BCUT2D eigenvalue weighted by Crippen LogP contribution is 2.16. The Bertz CT molecular complexity index is 701. The Hall–Kier alpha value is -1.15. The fourth-order valence-corrected chi connectivity index (χ4v) is 3.69. The van der Waals surface area contributed by atoms with E-state index in [1.54, 1.807) is 11.3 Å². The SMILES string of the molecule is CN=C(NCCc1c(C)cc(C)cc1C)N(C)Cc1csc(C)n1.I. The van der Waals surface area contributed by atoms with Gasteiger partial charge in [0, 0.05) is 26.0 Å². The average Bonchev–Trinajstić information content (AvgIpc) is 2.90. The monoisotopic (exact) mass is 472 g/mol. The zero-order chi connectivity index (χ0) is 17.7. The third kappa shape index (κ3) is 6.26. The van der Waals surface area contributed by atoms with E-state index in [0.717, 1.165) is 36.2 Å². The first kappa shape index (κ1) is 21.9. The van der Waals surface area contributed by atoms with Gasteiger partial charge in [-0.2, -0.15) is 0 Å². The minimum absolute atomic E-state index is 0. The number of hydrogen-bond donors (Lipinski definition) is 1. The molecule has 0 radical (unpaired) electrons. The van der Waals surface area contributed by atoms with Crippen LogP contribution in [0.2, 0.25) is 0 Å². The number of aliphatic imine (C=N–C) groups is 1. The number of thiazole rings is 1. The normalized spacial score (nSPS) is 11.2. The number of halogens is 1. The third-order valence-electron chi connectivity index (χ3n) is 4.14. The topological polar surface area (TPSA) is 40.5 Å². The summed E-state index contributed by atoms with van der Waals surface area (Å²) in [6, 6.07) is 4.52. The minimum atomic E-state index is 0. The molecule has 0 spiro atoms. The second kappa shape index (κ2) is 10.1. The number of nitrogens with zero attached hydrogens (tertiary/aromatic N) is 3. The minimum Gasteiger partial charge on any atom is -0.356 e. The van der Waals surface area contributed by atoms with Gasteiger partial charge in [-0.1, -0.05) is 17.7 Å². The quantitative estimate of drug-likeness (QED) is 0.402. The lowest BCUT2D eigenvalue weighted by atomic mass is 9.97. The van der Waals surface area contributed by atoms with Gasteiger partial charge in [0.1, 0.15) is 0 Å². The highest BCUT2D eigenvalue weighted by atomic mass is 127. The maximum absolute atomic E-state index is 4.52. The van der Waals surface area contributed by atoms with Gasteiger partial charge in [-0.05, 0) is 50.8 Å². The van der Waals surface area contributed by atoms with E-state index in [1.165, 1.54) is 22.3 Å². The number of rotatable bonds is 5. The zero-order valence-electron chi connectivity index (χ0n) is 16.0. The van der Waals surface area contributed by atoms with Crippen LogP contribution < -0.4 is 5.32 Å². The highest BCUT2D eigenvalue weighted by molar-refractivity contribution is 14.0. The van der Waals surface area contributed by atoms with Crippen LogP contribution in [0.4, 0.5) is 0 Å². The number of hydrogen-bond acceptors (Lipinski definition) is 3. The van der Waals surface area contributed by atoms with E-state index in [2.05, 4.69) is 58.5 Å². The lowest BCUT2D eigenvalue weighted by Gasteiger charge is -2.21. The first-order chi connectivity index (χ1) is 11.4. The Kier molecular flexibility index (Phi) is 8.85. The molecule has 0 aliphatic carbocycles. The van der Waals surface area contributed by atoms with Crippen LogP contribution in [0.3, 0.4) is 0 Å². The molecule has 138 valence electrons. The van der Waals surface area contributed by atoms with Crippen molar-refractivity contribution in [1.82, 2.24) is 15.2 Å². The molecular formula is C19H29IN4S. The molecule has 6 heteroatoms. The molecule has 0 atom stereocenters. The van der Waals surface area contributed by atoms with E-state index in [0.29, 0.717) is 0 Å². The van der Waals surface area contributed by atoms with E-state index < -0.39 is 0 Å². The Morgan fingerprint density at radius 2 is 1.84 bits per heavy atom. The fraction of sp³-hybridized carbons (Fsp3) is 0.474. The molecule has 1 aromatic heterocycles. The molecule has 0 saturated heterocycles. The van der Waals surface area contributed by atoms with E-state index in [4.69, 9.17) is 0 Å². The van der Waals surface area contributed by atoms with E-state index >= 15 is 0 Å². The van der Waals surface area contributed by atoms with Crippen LogP contribution in [0.15, 0.2) is 22.5 Å². The molecule has 4 nitrogen and oxygen atoms in total. The molecule has 0 amide bonds. The molecule has 1 aromatic carbocycles. The van der Waals surface area contributed by atoms with E-state index in [1.807, 2.05) is 21.0 Å².